The topological polar surface area (TPSA) is 92.7 Å². The Kier molecular flexibility index (Phi) is 3.27. The Labute approximate surface area is 103 Å². The Morgan fingerprint density at radius 1 is 1.28 bits per heavy atom. The maximum absolute atomic E-state index is 11.8. The zero-order chi connectivity index (χ0) is 13.1. The van der Waals surface area contributed by atoms with Crippen LogP contribution in [0.25, 0.3) is 0 Å². The lowest BCUT2D eigenvalue weighted by Crippen LogP contribution is -2.38. The first-order valence-corrected chi connectivity index (χ1v) is 5.37. The second kappa shape index (κ2) is 4.87. The zero-order valence-corrected chi connectivity index (χ0v) is 9.33. The quantitative estimate of drug-likeness (QED) is 0.746. The number of cyclic esters (lactones) is 1. The van der Waals surface area contributed by atoms with Crippen molar-refractivity contribution in [2.24, 2.45) is 0 Å². The van der Waals surface area contributed by atoms with Crippen LogP contribution in [0.15, 0.2) is 30.3 Å². The van der Waals surface area contributed by atoms with Gasteiger partial charge >= 0.3 is 11.9 Å². The average molecular weight is 249 g/mol. The van der Waals surface area contributed by atoms with E-state index < -0.39 is 30.0 Å². The summed E-state index contributed by atoms with van der Waals surface area (Å²) >= 11 is 0. The highest BCUT2D eigenvalue weighted by molar-refractivity contribution is 5.97. The number of aliphatic carboxylic acids is 1. The molecule has 6 heteroatoms. The third-order valence-corrected chi connectivity index (χ3v) is 2.61. The summed E-state index contributed by atoms with van der Waals surface area (Å²) in [5.74, 6) is -2.35. The van der Waals surface area contributed by atoms with Crippen molar-refractivity contribution < 1.29 is 24.2 Å². The summed E-state index contributed by atoms with van der Waals surface area (Å²) < 4.78 is 4.62. The molecule has 1 saturated heterocycles. The number of carboxylic acid groups (broad SMARTS) is 1. The first kappa shape index (κ1) is 12.1. The van der Waals surface area contributed by atoms with Gasteiger partial charge in [0.15, 0.2) is 0 Å². The molecule has 1 fully saturated rings. The first-order valence-electron chi connectivity index (χ1n) is 5.37. The SMILES string of the molecule is O=C(NC1CC(C(=O)O)OC1=O)c1ccccc1. The number of benzene rings is 1. The molecule has 0 radical (unpaired) electrons. The maximum atomic E-state index is 11.8. The molecular weight excluding hydrogens is 238 g/mol. The van der Waals surface area contributed by atoms with Crippen molar-refractivity contribution in [2.75, 3.05) is 0 Å². The van der Waals surface area contributed by atoms with Crippen molar-refractivity contribution in [3.05, 3.63) is 35.9 Å². The molecule has 0 aromatic heterocycles. The number of nitrogens with one attached hydrogen (secondary N) is 1. The van der Waals surface area contributed by atoms with E-state index in [4.69, 9.17) is 5.11 Å². The molecule has 2 rings (SSSR count). The predicted octanol–water partition coefficient (Wildman–Crippen LogP) is 0.185. The monoisotopic (exact) mass is 249 g/mol. The molecule has 1 heterocycles. The minimum atomic E-state index is -1.21. The Balaban J connectivity index is 2.01. The van der Waals surface area contributed by atoms with Crippen LogP contribution in [-0.2, 0) is 14.3 Å². The smallest absolute Gasteiger partial charge is 0.345 e. The van der Waals surface area contributed by atoms with Gasteiger partial charge in [-0.05, 0) is 12.1 Å². The van der Waals surface area contributed by atoms with Crippen LogP contribution in [0.4, 0.5) is 0 Å². The normalized spacial score (nSPS) is 22.3. The van der Waals surface area contributed by atoms with Crippen LogP contribution < -0.4 is 5.32 Å². The van der Waals surface area contributed by atoms with E-state index in [0.717, 1.165) is 0 Å². The summed E-state index contributed by atoms with van der Waals surface area (Å²) in [6.45, 7) is 0. The van der Waals surface area contributed by atoms with E-state index in [1.165, 1.54) is 0 Å². The summed E-state index contributed by atoms with van der Waals surface area (Å²) in [7, 11) is 0. The van der Waals surface area contributed by atoms with Gasteiger partial charge < -0.3 is 15.2 Å². The molecular formula is C12H11NO5. The number of hydrogen-bond acceptors (Lipinski definition) is 4. The zero-order valence-electron chi connectivity index (χ0n) is 9.33. The third-order valence-electron chi connectivity index (χ3n) is 2.61. The van der Waals surface area contributed by atoms with Gasteiger partial charge in [-0.25, -0.2) is 9.59 Å². The Morgan fingerprint density at radius 3 is 2.50 bits per heavy atom. The summed E-state index contributed by atoms with van der Waals surface area (Å²) in [6.07, 6.45) is -1.23. The Hall–Kier alpha value is -2.37. The number of rotatable bonds is 3. The Morgan fingerprint density at radius 2 is 1.94 bits per heavy atom. The van der Waals surface area contributed by atoms with Crippen molar-refractivity contribution >= 4 is 17.8 Å². The van der Waals surface area contributed by atoms with Crippen LogP contribution >= 0.6 is 0 Å². The molecule has 2 N–H and O–H groups in total. The second-order valence-corrected chi connectivity index (χ2v) is 3.89. The second-order valence-electron chi connectivity index (χ2n) is 3.89. The van der Waals surface area contributed by atoms with Gasteiger partial charge in [-0.3, -0.25) is 4.79 Å². The van der Waals surface area contributed by atoms with E-state index in [2.05, 4.69) is 10.1 Å². The van der Waals surface area contributed by atoms with Crippen molar-refractivity contribution in [3.8, 4) is 0 Å². The summed E-state index contributed by atoms with van der Waals surface area (Å²) in [4.78, 5) is 33.8. The summed E-state index contributed by atoms with van der Waals surface area (Å²) in [5.41, 5.74) is 0.407. The minimum Gasteiger partial charge on any atom is -0.479 e. The molecule has 0 saturated carbocycles. The lowest BCUT2D eigenvalue weighted by atomic mass is 10.1. The fourth-order valence-electron chi connectivity index (χ4n) is 1.68. The molecule has 1 aliphatic heterocycles. The van der Waals surface area contributed by atoms with E-state index in [1.807, 2.05) is 0 Å². The number of carbonyl (C=O) groups is 3. The molecule has 1 aromatic carbocycles. The van der Waals surface area contributed by atoms with Crippen LogP contribution in [0.5, 0.6) is 0 Å². The van der Waals surface area contributed by atoms with Crippen molar-refractivity contribution in [1.82, 2.24) is 5.32 Å². The average Bonchev–Trinajstić information content (AvgIpc) is 2.72. The largest absolute Gasteiger partial charge is 0.479 e. The fourth-order valence-corrected chi connectivity index (χ4v) is 1.68. The molecule has 2 unspecified atom stereocenters. The van der Waals surface area contributed by atoms with Gasteiger partial charge in [0.1, 0.15) is 6.04 Å². The highest BCUT2D eigenvalue weighted by atomic mass is 16.6. The van der Waals surface area contributed by atoms with E-state index in [0.29, 0.717) is 5.56 Å². The number of carboxylic acids is 1. The molecule has 18 heavy (non-hydrogen) atoms. The number of carbonyl (C=O) groups excluding carboxylic acids is 2. The van der Waals surface area contributed by atoms with E-state index in [-0.39, 0.29) is 6.42 Å². The molecule has 6 nitrogen and oxygen atoms in total. The summed E-state index contributed by atoms with van der Waals surface area (Å²) in [5, 5.41) is 11.2. The van der Waals surface area contributed by atoms with Gasteiger partial charge in [0.25, 0.3) is 5.91 Å². The lowest BCUT2D eigenvalue weighted by Gasteiger charge is -2.08. The lowest BCUT2D eigenvalue weighted by molar-refractivity contribution is -0.157. The molecule has 2 atom stereocenters. The van der Waals surface area contributed by atoms with Crippen LogP contribution in [0.1, 0.15) is 16.8 Å². The predicted molar refractivity (Wildman–Crippen MR) is 59.8 cm³/mol. The van der Waals surface area contributed by atoms with E-state index in [1.54, 1.807) is 30.3 Å². The summed E-state index contributed by atoms with van der Waals surface area (Å²) in [6, 6.07) is 7.46. The van der Waals surface area contributed by atoms with Crippen molar-refractivity contribution in [2.45, 2.75) is 18.6 Å². The van der Waals surface area contributed by atoms with Gasteiger partial charge in [0, 0.05) is 12.0 Å². The maximum Gasteiger partial charge on any atom is 0.345 e. The van der Waals surface area contributed by atoms with Crippen molar-refractivity contribution in [1.29, 1.82) is 0 Å². The highest BCUT2D eigenvalue weighted by Crippen LogP contribution is 2.15. The molecule has 1 aromatic rings. The highest BCUT2D eigenvalue weighted by Gasteiger charge is 2.39. The van der Waals surface area contributed by atoms with Crippen molar-refractivity contribution in [3.63, 3.8) is 0 Å². The number of esters is 1. The van der Waals surface area contributed by atoms with Crippen LogP contribution in [0, 0.1) is 0 Å². The number of amides is 1. The molecule has 0 bridgehead atoms. The Bertz CT molecular complexity index is 485. The first-order chi connectivity index (χ1) is 8.58. The standard InChI is InChI=1S/C12H11NO5/c14-10(7-4-2-1-3-5-7)13-8-6-9(11(15)16)18-12(8)17/h1-5,8-9H,6H2,(H,13,14)(H,15,16). The fraction of sp³-hybridized carbons (Fsp3) is 0.250. The van der Waals surface area contributed by atoms with E-state index >= 15 is 0 Å². The third kappa shape index (κ3) is 2.48. The number of hydrogen-bond donors (Lipinski definition) is 2. The molecule has 1 amide bonds. The van der Waals surface area contributed by atoms with Gasteiger partial charge in [0.05, 0.1) is 0 Å². The molecule has 0 aliphatic carbocycles. The van der Waals surface area contributed by atoms with Gasteiger partial charge in [-0.2, -0.15) is 0 Å². The van der Waals surface area contributed by atoms with E-state index in [9.17, 15) is 14.4 Å². The van der Waals surface area contributed by atoms with Crippen LogP contribution in [0.3, 0.4) is 0 Å². The molecule has 94 valence electrons. The molecule has 0 spiro atoms. The van der Waals surface area contributed by atoms with Crippen LogP contribution in [0.2, 0.25) is 0 Å². The number of ether oxygens (including phenoxy) is 1. The van der Waals surface area contributed by atoms with Gasteiger partial charge in [-0.15, -0.1) is 0 Å². The van der Waals surface area contributed by atoms with Gasteiger partial charge in [0.2, 0.25) is 6.10 Å². The molecule has 1 aliphatic rings. The van der Waals surface area contributed by atoms with Gasteiger partial charge in [-0.1, -0.05) is 18.2 Å². The van der Waals surface area contributed by atoms with Crippen LogP contribution in [-0.4, -0.2) is 35.1 Å². The minimum absolute atomic E-state index is 0.0489.